The van der Waals surface area contributed by atoms with Crippen LogP contribution < -0.4 is 0 Å². The highest BCUT2D eigenvalue weighted by Crippen LogP contribution is 2.33. The Morgan fingerprint density at radius 2 is 1.72 bits per heavy atom. The van der Waals surface area contributed by atoms with Crippen molar-refractivity contribution in [2.75, 3.05) is 26.2 Å². The van der Waals surface area contributed by atoms with Gasteiger partial charge in [-0.05, 0) is 60.0 Å². The molecule has 1 unspecified atom stereocenters. The molecular formula is C28H28F4N4. The number of aryl methyl sites for hydroxylation is 1. The third-order valence-corrected chi connectivity index (χ3v) is 6.89. The molecule has 1 saturated heterocycles. The minimum atomic E-state index is -4.19. The zero-order chi connectivity index (χ0) is 25.3. The predicted octanol–water partition coefficient (Wildman–Crippen LogP) is 6.28. The van der Waals surface area contributed by atoms with Gasteiger partial charge in [-0.25, -0.2) is 9.07 Å². The lowest BCUT2D eigenvalue weighted by atomic mass is 9.95. The number of rotatable bonds is 6. The van der Waals surface area contributed by atoms with Crippen LogP contribution in [0.4, 0.5) is 17.6 Å². The largest absolute Gasteiger partial charge is 0.390 e. The van der Waals surface area contributed by atoms with Crippen molar-refractivity contribution in [3.8, 4) is 5.69 Å². The van der Waals surface area contributed by atoms with Crippen molar-refractivity contribution >= 4 is 10.9 Å². The van der Waals surface area contributed by atoms with Crippen LogP contribution in [0.15, 0.2) is 72.9 Å². The van der Waals surface area contributed by atoms with Gasteiger partial charge >= 0.3 is 6.18 Å². The molecule has 0 aliphatic carbocycles. The van der Waals surface area contributed by atoms with E-state index in [1.54, 1.807) is 23.0 Å². The lowest BCUT2D eigenvalue weighted by molar-refractivity contribution is -0.140. The van der Waals surface area contributed by atoms with E-state index >= 15 is 0 Å². The summed E-state index contributed by atoms with van der Waals surface area (Å²) < 4.78 is 54.5. The molecule has 5 rings (SSSR count). The third kappa shape index (κ3) is 5.44. The van der Waals surface area contributed by atoms with Crippen LogP contribution in [0.5, 0.6) is 0 Å². The highest BCUT2D eigenvalue weighted by atomic mass is 19.4. The quantitative estimate of drug-likeness (QED) is 0.294. The van der Waals surface area contributed by atoms with Gasteiger partial charge in [0.25, 0.3) is 0 Å². The normalized spacial score (nSPS) is 17.6. The number of hydrogen-bond acceptors (Lipinski definition) is 3. The number of hydrogen-bond donors (Lipinski definition) is 0. The summed E-state index contributed by atoms with van der Waals surface area (Å²) >= 11 is 0. The number of benzene rings is 3. The Bertz CT molecular complexity index is 1320. The van der Waals surface area contributed by atoms with Crippen molar-refractivity contribution in [2.45, 2.75) is 32.1 Å². The van der Waals surface area contributed by atoms with E-state index in [1.165, 1.54) is 17.7 Å². The highest BCUT2D eigenvalue weighted by Gasteiger charge is 2.34. The molecule has 3 aromatic carbocycles. The molecule has 0 N–H and O–H groups in total. The third-order valence-electron chi connectivity index (χ3n) is 6.89. The van der Waals surface area contributed by atoms with Crippen LogP contribution in [0.3, 0.4) is 0 Å². The van der Waals surface area contributed by atoms with E-state index in [9.17, 15) is 17.6 Å². The van der Waals surface area contributed by atoms with Gasteiger partial charge in [0.05, 0.1) is 23.8 Å². The molecule has 8 heteroatoms. The monoisotopic (exact) mass is 496 g/mol. The molecule has 1 aliphatic heterocycles. The van der Waals surface area contributed by atoms with Crippen molar-refractivity contribution < 1.29 is 17.6 Å². The molecule has 0 saturated carbocycles. The van der Waals surface area contributed by atoms with E-state index in [-0.39, 0.29) is 18.4 Å². The summed E-state index contributed by atoms with van der Waals surface area (Å²) in [5.74, 6) is -0.315. The first-order valence-corrected chi connectivity index (χ1v) is 12.1. The van der Waals surface area contributed by atoms with Crippen molar-refractivity contribution in [1.29, 1.82) is 0 Å². The van der Waals surface area contributed by atoms with E-state index in [0.29, 0.717) is 19.6 Å². The fourth-order valence-corrected chi connectivity index (χ4v) is 5.04. The summed E-state index contributed by atoms with van der Waals surface area (Å²) in [6.45, 7) is 4.65. The Balaban J connectivity index is 1.46. The topological polar surface area (TPSA) is 24.3 Å². The molecule has 1 fully saturated rings. The second-order valence-electron chi connectivity index (χ2n) is 9.44. The molecule has 0 bridgehead atoms. The number of alkyl halides is 3. The molecule has 0 radical (unpaired) electrons. The molecular weight excluding hydrogens is 468 g/mol. The number of piperazine rings is 1. The fourth-order valence-electron chi connectivity index (χ4n) is 5.04. The maximum absolute atomic E-state index is 13.4. The minimum Gasteiger partial charge on any atom is -0.296 e. The van der Waals surface area contributed by atoms with Crippen molar-refractivity contribution in [1.82, 2.24) is 19.6 Å². The Morgan fingerprint density at radius 3 is 2.44 bits per heavy atom. The van der Waals surface area contributed by atoms with Crippen LogP contribution in [-0.2, 0) is 6.54 Å². The molecule has 4 aromatic rings. The summed E-state index contributed by atoms with van der Waals surface area (Å²) in [7, 11) is 0. The number of nitrogens with zero attached hydrogens (tertiary/aromatic N) is 4. The Kier molecular flexibility index (Phi) is 6.81. The maximum Gasteiger partial charge on any atom is 0.390 e. The second kappa shape index (κ2) is 10.0. The van der Waals surface area contributed by atoms with Crippen LogP contribution in [0.25, 0.3) is 16.6 Å². The van der Waals surface area contributed by atoms with E-state index in [4.69, 9.17) is 0 Å². The number of aromatic nitrogens is 2. The summed E-state index contributed by atoms with van der Waals surface area (Å²) in [6, 6.07) is 20.2. The van der Waals surface area contributed by atoms with E-state index in [0.717, 1.165) is 34.3 Å². The molecule has 1 atom stereocenters. The predicted molar refractivity (Wildman–Crippen MR) is 132 cm³/mol. The molecule has 2 heterocycles. The van der Waals surface area contributed by atoms with E-state index < -0.39 is 12.6 Å². The summed E-state index contributed by atoms with van der Waals surface area (Å²) in [6.07, 6.45) is -3.26. The van der Waals surface area contributed by atoms with E-state index in [2.05, 4.69) is 28.2 Å². The number of fused-ring (bicyclic) bond motifs is 1. The van der Waals surface area contributed by atoms with Gasteiger partial charge in [0.2, 0.25) is 0 Å². The summed E-state index contributed by atoms with van der Waals surface area (Å²) in [5.41, 5.74) is 4.82. The summed E-state index contributed by atoms with van der Waals surface area (Å²) in [4.78, 5) is 4.28. The fraction of sp³-hybridized carbons (Fsp3) is 0.321. The molecule has 1 aliphatic rings. The Labute approximate surface area is 207 Å². The molecule has 4 nitrogen and oxygen atoms in total. The zero-order valence-corrected chi connectivity index (χ0v) is 20.0. The minimum absolute atomic E-state index is 0.0281. The van der Waals surface area contributed by atoms with Crippen LogP contribution in [-0.4, -0.2) is 51.9 Å². The van der Waals surface area contributed by atoms with Gasteiger partial charge < -0.3 is 0 Å². The van der Waals surface area contributed by atoms with Gasteiger partial charge in [-0.2, -0.15) is 18.3 Å². The van der Waals surface area contributed by atoms with Gasteiger partial charge in [0.1, 0.15) is 5.82 Å². The molecule has 36 heavy (non-hydrogen) atoms. The van der Waals surface area contributed by atoms with Crippen molar-refractivity contribution in [3.63, 3.8) is 0 Å². The highest BCUT2D eigenvalue weighted by molar-refractivity contribution is 5.82. The Morgan fingerprint density at radius 1 is 0.972 bits per heavy atom. The molecule has 0 spiro atoms. The first kappa shape index (κ1) is 24.5. The van der Waals surface area contributed by atoms with Crippen molar-refractivity contribution in [3.05, 3.63) is 95.4 Å². The summed E-state index contributed by atoms with van der Waals surface area (Å²) in [5, 5.41) is 5.40. The second-order valence-corrected chi connectivity index (χ2v) is 9.44. The molecule has 188 valence electrons. The van der Waals surface area contributed by atoms with E-state index in [1.807, 2.05) is 36.1 Å². The first-order chi connectivity index (χ1) is 17.3. The standard InChI is InChI=1S/C28H28F4N4/c1-20-15-26-22(17-33-36(26)24-9-7-23(29)8-10-24)16-25(20)27-19-34(18-21-5-3-2-4-6-21)13-14-35(27)12-11-28(30,31)32/h2-10,15-17,27H,11-14,18-19H2,1H3. The maximum atomic E-state index is 13.4. The first-order valence-electron chi connectivity index (χ1n) is 12.1. The SMILES string of the molecule is Cc1cc2c(cnn2-c2ccc(F)cc2)cc1C1CN(Cc2ccccc2)CCN1CCC(F)(F)F. The van der Waals surface area contributed by atoms with Gasteiger partial charge in [0, 0.05) is 44.2 Å². The van der Waals surface area contributed by atoms with Gasteiger partial charge in [-0.3, -0.25) is 9.80 Å². The zero-order valence-electron chi connectivity index (χ0n) is 20.0. The van der Waals surface area contributed by atoms with Gasteiger partial charge in [-0.1, -0.05) is 30.3 Å². The molecule has 1 aromatic heterocycles. The van der Waals surface area contributed by atoms with Gasteiger partial charge in [0.15, 0.2) is 0 Å². The van der Waals surface area contributed by atoms with Gasteiger partial charge in [-0.15, -0.1) is 0 Å². The van der Waals surface area contributed by atoms with Crippen LogP contribution >= 0.6 is 0 Å². The Hall–Kier alpha value is -3.23. The number of halogens is 4. The van der Waals surface area contributed by atoms with Crippen LogP contribution in [0.1, 0.15) is 29.2 Å². The lowest BCUT2D eigenvalue weighted by Gasteiger charge is -2.42. The lowest BCUT2D eigenvalue weighted by Crippen LogP contribution is -2.49. The average molecular weight is 497 g/mol. The average Bonchev–Trinajstić information content (AvgIpc) is 3.26. The smallest absolute Gasteiger partial charge is 0.296 e. The van der Waals surface area contributed by atoms with Crippen LogP contribution in [0.2, 0.25) is 0 Å². The van der Waals surface area contributed by atoms with Crippen molar-refractivity contribution in [2.24, 2.45) is 0 Å². The van der Waals surface area contributed by atoms with Crippen LogP contribution in [0, 0.1) is 12.7 Å². The molecule has 0 amide bonds.